The molecule has 0 fully saturated rings. The van der Waals surface area contributed by atoms with Gasteiger partial charge in [0.05, 0.1) is 0 Å². The van der Waals surface area contributed by atoms with Crippen molar-refractivity contribution in [3.8, 4) is 33.8 Å². The predicted molar refractivity (Wildman–Crippen MR) is 125 cm³/mol. The van der Waals surface area contributed by atoms with E-state index in [4.69, 9.17) is 0 Å². The van der Waals surface area contributed by atoms with Gasteiger partial charge in [0.15, 0.2) is 0 Å². The third kappa shape index (κ3) is 2.98. The average molecular weight is 390 g/mol. The molecule has 0 atom stereocenters. The molecule has 5 aromatic carbocycles. The van der Waals surface area contributed by atoms with Gasteiger partial charge in [0.25, 0.3) is 0 Å². The predicted octanol–water partition coefficient (Wildman–Crippen LogP) is 7.36. The van der Waals surface area contributed by atoms with Crippen LogP contribution in [0.3, 0.4) is 0 Å². The van der Waals surface area contributed by atoms with Crippen molar-refractivity contribution in [3.05, 3.63) is 96.1 Å². The molecular weight excluding hydrogens is 368 g/mol. The van der Waals surface area contributed by atoms with Crippen molar-refractivity contribution in [1.82, 2.24) is 0 Å². The molecule has 0 spiro atoms. The zero-order valence-corrected chi connectivity index (χ0v) is 17.0. The minimum atomic E-state index is 0.275. The Morgan fingerprint density at radius 1 is 0.433 bits per heavy atom. The standard InChI is InChI=1S/C28H22O2/c1-17-11-24(26-14-20-8-4-6-10-22(20)16-28(26)30)18(2)12-23(17)25-13-19-7-3-5-9-21(19)15-27(25)29/h3-16,29-30H,1-2H3. The van der Waals surface area contributed by atoms with E-state index >= 15 is 0 Å². The number of phenols is 2. The van der Waals surface area contributed by atoms with Crippen molar-refractivity contribution in [2.45, 2.75) is 13.8 Å². The van der Waals surface area contributed by atoms with Gasteiger partial charge < -0.3 is 10.2 Å². The largest absolute Gasteiger partial charge is 0.507 e. The summed E-state index contributed by atoms with van der Waals surface area (Å²) in [6, 6.07) is 28.0. The Morgan fingerprint density at radius 2 is 0.767 bits per heavy atom. The fourth-order valence-corrected chi connectivity index (χ4v) is 4.28. The number of aromatic hydroxyl groups is 2. The maximum Gasteiger partial charge on any atom is 0.124 e. The average Bonchev–Trinajstić information content (AvgIpc) is 2.74. The van der Waals surface area contributed by atoms with Gasteiger partial charge in [-0.05, 0) is 81.9 Å². The van der Waals surface area contributed by atoms with Crippen LogP contribution in [0.15, 0.2) is 84.9 Å². The summed E-state index contributed by atoms with van der Waals surface area (Å²) in [7, 11) is 0. The second-order valence-electron chi connectivity index (χ2n) is 7.92. The topological polar surface area (TPSA) is 40.5 Å². The van der Waals surface area contributed by atoms with E-state index in [9.17, 15) is 10.2 Å². The third-order valence-electron chi connectivity index (χ3n) is 5.88. The molecule has 0 aliphatic rings. The van der Waals surface area contributed by atoms with Gasteiger partial charge in [-0.1, -0.05) is 60.7 Å². The van der Waals surface area contributed by atoms with Crippen molar-refractivity contribution in [3.63, 3.8) is 0 Å². The highest BCUT2D eigenvalue weighted by Gasteiger charge is 2.15. The highest BCUT2D eigenvalue weighted by Crippen LogP contribution is 2.40. The highest BCUT2D eigenvalue weighted by atomic mass is 16.3. The van der Waals surface area contributed by atoms with E-state index < -0.39 is 0 Å². The number of fused-ring (bicyclic) bond motifs is 2. The molecule has 0 bridgehead atoms. The number of benzene rings is 5. The number of aryl methyl sites for hydroxylation is 2. The monoisotopic (exact) mass is 390 g/mol. The summed E-state index contributed by atoms with van der Waals surface area (Å²) in [5.74, 6) is 0.551. The van der Waals surface area contributed by atoms with Gasteiger partial charge in [-0.25, -0.2) is 0 Å². The van der Waals surface area contributed by atoms with Gasteiger partial charge in [-0.2, -0.15) is 0 Å². The van der Waals surface area contributed by atoms with Crippen LogP contribution in [-0.2, 0) is 0 Å². The lowest BCUT2D eigenvalue weighted by Gasteiger charge is -2.16. The van der Waals surface area contributed by atoms with Gasteiger partial charge in [0.2, 0.25) is 0 Å². The van der Waals surface area contributed by atoms with Crippen molar-refractivity contribution in [1.29, 1.82) is 0 Å². The molecule has 0 radical (unpaired) electrons. The van der Waals surface area contributed by atoms with E-state index in [1.54, 1.807) is 0 Å². The van der Waals surface area contributed by atoms with Crippen LogP contribution in [0, 0.1) is 13.8 Å². The van der Waals surface area contributed by atoms with Crippen molar-refractivity contribution < 1.29 is 10.2 Å². The smallest absolute Gasteiger partial charge is 0.124 e. The highest BCUT2D eigenvalue weighted by molar-refractivity contribution is 5.94. The lowest BCUT2D eigenvalue weighted by molar-refractivity contribution is 0.477. The summed E-state index contributed by atoms with van der Waals surface area (Å²) in [4.78, 5) is 0. The lowest BCUT2D eigenvalue weighted by atomic mass is 9.89. The van der Waals surface area contributed by atoms with E-state index in [0.29, 0.717) is 0 Å². The molecular formula is C28H22O2. The second kappa shape index (κ2) is 6.93. The van der Waals surface area contributed by atoms with Crippen molar-refractivity contribution in [2.75, 3.05) is 0 Å². The summed E-state index contributed by atoms with van der Waals surface area (Å²) in [6.45, 7) is 4.09. The minimum absolute atomic E-state index is 0.275. The molecule has 0 heterocycles. The quantitative estimate of drug-likeness (QED) is 0.331. The van der Waals surface area contributed by atoms with Gasteiger partial charge >= 0.3 is 0 Å². The van der Waals surface area contributed by atoms with Crippen molar-refractivity contribution in [2.24, 2.45) is 0 Å². The van der Waals surface area contributed by atoms with Crippen LogP contribution in [0.4, 0.5) is 0 Å². The second-order valence-corrected chi connectivity index (χ2v) is 7.92. The third-order valence-corrected chi connectivity index (χ3v) is 5.88. The molecule has 0 aliphatic heterocycles. The van der Waals surface area contributed by atoms with Gasteiger partial charge in [-0.3, -0.25) is 0 Å². The number of rotatable bonds is 2. The summed E-state index contributed by atoms with van der Waals surface area (Å²) >= 11 is 0. The minimum Gasteiger partial charge on any atom is -0.507 e. The zero-order chi connectivity index (χ0) is 20.8. The molecule has 0 aromatic heterocycles. The molecule has 0 unspecified atom stereocenters. The molecule has 0 aliphatic carbocycles. The number of hydrogen-bond donors (Lipinski definition) is 2. The van der Waals surface area contributed by atoms with Crippen LogP contribution in [-0.4, -0.2) is 10.2 Å². The van der Waals surface area contributed by atoms with Crippen molar-refractivity contribution >= 4 is 21.5 Å². The fraction of sp³-hybridized carbons (Fsp3) is 0.0714. The first-order valence-electron chi connectivity index (χ1n) is 10.1. The van der Waals surface area contributed by atoms with E-state index in [1.807, 2.05) is 74.5 Å². The Kier molecular flexibility index (Phi) is 4.22. The summed E-state index contributed by atoms with van der Waals surface area (Å²) < 4.78 is 0. The molecule has 5 aromatic rings. The molecule has 0 saturated heterocycles. The van der Waals surface area contributed by atoms with E-state index in [-0.39, 0.29) is 11.5 Å². The molecule has 0 saturated carbocycles. The van der Waals surface area contributed by atoms with E-state index in [2.05, 4.69) is 24.3 Å². The van der Waals surface area contributed by atoms with Crippen LogP contribution < -0.4 is 0 Å². The molecule has 146 valence electrons. The lowest BCUT2D eigenvalue weighted by Crippen LogP contribution is -1.92. The summed E-state index contributed by atoms with van der Waals surface area (Å²) in [5.41, 5.74) is 5.74. The molecule has 0 amide bonds. The van der Waals surface area contributed by atoms with Crippen LogP contribution in [0.1, 0.15) is 11.1 Å². The number of phenolic OH excluding ortho intramolecular Hbond substituents is 2. The molecule has 2 heteroatoms. The fourth-order valence-electron chi connectivity index (χ4n) is 4.28. The Labute approximate surface area is 175 Å². The first kappa shape index (κ1) is 18.3. The molecule has 2 N–H and O–H groups in total. The molecule has 5 rings (SSSR count). The summed E-state index contributed by atoms with van der Waals surface area (Å²) in [5, 5.41) is 25.6. The van der Waals surface area contributed by atoms with E-state index in [1.165, 1.54) is 0 Å². The normalized spacial score (nSPS) is 11.3. The maximum atomic E-state index is 10.7. The van der Waals surface area contributed by atoms with Crippen LogP contribution in [0.5, 0.6) is 11.5 Å². The van der Waals surface area contributed by atoms with E-state index in [0.717, 1.165) is 54.9 Å². The van der Waals surface area contributed by atoms with Gasteiger partial charge in [-0.15, -0.1) is 0 Å². The Hall–Kier alpha value is -3.78. The Balaban J connectivity index is 1.68. The number of hydrogen-bond acceptors (Lipinski definition) is 2. The summed E-state index contributed by atoms with van der Waals surface area (Å²) in [6.07, 6.45) is 0. The van der Waals surface area contributed by atoms with Crippen LogP contribution in [0.25, 0.3) is 43.8 Å². The Morgan fingerprint density at radius 3 is 1.13 bits per heavy atom. The van der Waals surface area contributed by atoms with Gasteiger partial charge in [0, 0.05) is 11.1 Å². The zero-order valence-electron chi connectivity index (χ0n) is 17.0. The molecule has 30 heavy (non-hydrogen) atoms. The first-order chi connectivity index (χ1) is 14.5. The molecule has 2 nitrogen and oxygen atoms in total. The maximum absolute atomic E-state index is 10.7. The van der Waals surface area contributed by atoms with Crippen LogP contribution >= 0.6 is 0 Å². The Bertz CT molecular complexity index is 1320. The van der Waals surface area contributed by atoms with Crippen LogP contribution in [0.2, 0.25) is 0 Å². The van der Waals surface area contributed by atoms with Gasteiger partial charge in [0.1, 0.15) is 11.5 Å². The SMILES string of the molecule is Cc1cc(-c2cc3ccccc3cc2O)c(C)cc1-c1cc2ccccc2cc1O. The first-order valence-corrected chi connectivity index (χ1v) is 10.1.